The van der Waals surface area contributed by atoms with Gasteiger partial charge in [0.15, 0.2) is 0 Å². The van der Waals surface area contributed by atoms with Crippen LogP contribution in [0.4, 0.5) is 21.0 Å². The zero-order valence-corrected chi connectivity index (χ0v) is 16.8. The summed E-state index contributed by atoms with van der Waals surface area (Å²) in [7, 11) is 0. The molecule has 0 atom stereocenters. The van der Waals surface area contributed by atoms with Gasteiger partial charge in [-0.25, -0.2) is 19.4 Å². The second kappa shape index (κ2) is 8.42. The van der Waals surface area contributed by atoms with Crippen LogP contribution in [0.3, 0.4) is 0 Å². The van der Waals surface area contributed by atoms with Gasteiger partial charge in [-0.3, -0.25) is 29.0 Å². The number of amides is 8. The van der Waals surface area contributed by atoms with Crippen molar-refractivity contribution in [2.45, 2.75) is 12.8 Å². The van der Waals surface area contributed by atoms with Crippen LogP contribution in [0.2, 0.25) is 0 Å². The number of imide groups is 4. The van der Waals surface area contributed by atoms with Crippen molar-refractivity contribution in [2.24, 2.45) is 0 Å². The molecule has 10 heteroatoms. The summed E-state index contributed by atoms with van der Waals surface area (Å²) in [5.74, 6) is -2.76. The summed E-state index contributed by atoms with van der Waals surface area (Å²) >= 11 is 0. The second-order valence-corrected chi connectivity index (χ2v) is 7.14. The topological polar surface area (TPSA) is 115 Å². The first-order chi connectivity index (χ1) is 15.4. The molecule has 2 aromatic rings. The van der Waals surface area contributed by atoms with Crippen LogP contribution in [0.15, 0.2) is 60.7 Å². The van der Waals surface area contributed by atoms with Gasteiger partial charge in [-0.05, 0) is 24.3 Å². The van der Waals surface area contributed by atoms with Crippen molar-refractivity contribution < 1.29 is 28.8 Å². The molecule has 2 aliphatic heterocycles. The maximum Gasteiger partial charge on any atom is 0.338 e. The number of barbiturate groups is 2. The van der Waals surface area contributed by atoms with Gasteiger partial charge in [-0.15, -0.1) is 0 Å². The van der Waals surface area contributed by atoms with Crippen LogP contribution in [-0.4, -0.2) is 58.6 Å². The summed E-state index contributed by atoms with van der Waals surface area (Å²) in [6.07, 6.45) is -1.03. The number of carbonyl (C=O) groups is 6. The number of hydrogen-bond donors (Lipinski definition) is 0. The van der Waals surface area contributed by atoms with Crippen molar-refractivity contribution in [3.63, 3.8) is 0 Å². The number of anilines is 2. The first-order valence-electron chi connectivity index (χ1n) is 9.83. The minimum Gasteiger partial charge on any atom is -0.274 e. The normalized spacial score (nSPS) is 17.5. The fourth-order valence-corrected chi connectivity index (χ4v) is 3.58. The Morgan fingerprint density at radius 1 is 0.500 bits per heavy atom. The molecule has 2 heterocycles. The van der Waals surface area contributed by atoms with Crippen molar-refractivity contribution in [3.05, 3.63) is 60.7 Å². The Hall–Kier alpha value is -4.34. The van der Waals surface area contributed by atoms with E-state index in [1.54, 1.807) is 60.7 Å². The highest BCUT2D eigenvalue weighted by molar-refractivity contribution is 6.27. The van der Waals surface area contributed by atoms with Gasteiger partial charge < -0.3 is 0 Å². The van der Waals surface area contributed by atoms with E-state index in [1.165, 1.54) is 0 Å². The van der Waals surface area contributed by atoms with Gasteiger partial charge in [0.1, 0.15) is 12.8 Å². The monoisotopic (exact) mass is 434 g/mol. The lowest BCUT2D eigenvalue weighted by Gasteiger charge is -2.36. The minimum atomic E-state index is -0.856. The summed E-state index contributed by atoms with van der Waals surface area (Å²) in [5, 5.41) is 0. The molecule has 2 aromatic carbocycles. The largest absolute Gasteiger partial charge is 0.338 e. The maximum absolute atomic E-state index is 12.9. The second-order valence-electron chi connectivity index (χ2n) is 7.14. The first kappa shape index (κ1) is 20.9. The van der Waals surface area contributed by atoms with Gasteiger partial charge in [-0.1, -0.05) is 36.4 Å². The zero-order chi connectivity index (χ0) is 22.8. The SMILES string of the molecule is O=C1CC(=O)N(c2ccccc2)C(=O)N1CCN1C(=O)CC(=O)N(c2ccccc2)C1=O. The maximum atomic E-state index is 12.9. The molecule has 2 aliphatic rings. The van der Waals surface area contributed by atoms with Crippen LogP contribution in [0.25, 0.3) is 0 Å². The number of nitrogens with zero attached hydrogens (tertiary/aromatic N) is 4. The summed E-state index contributed by atoms with van der Waals surface area (Å²) in [6, 6.07) is 14.6. The Bertz CT molecular complexity index is 1030. The average molecular weight is 434 g/mol. The molecular weight excluding hydrogens is 416 g/mol. The third kappa shape index (κ3) is 3.73. The lowest BCUT2D eigenvalue weighted by atomic mass is 10.2. The highest BCUT2D eigenvalue weighted by Gasteiger charge is 2.42. The molecule has 2 fully saturated rings. The van der Waals surface area contributed by atoms with E-state index in [0.29, 0.717) is 11.4 Å². The van der Waals surface area contributed by atoms with Crippen LogP contribution in [0.5, 0.6) is 0 Å². The molecule has 0 aromatic heterocycles. The summed E-state index contributed by atoms with van der Waals surface area (Å²) in [4.78, 5) is 78.5. The van der Waals surface area contributed by atoms with Crippen LogP contribution in [0.1, 0.15) is 12.8 Å². The number of urea groups is 2. The van der Waals surface area contributed by atoms with Gasteiger partial charge in [0.2, 0.25) is 23.6 Å². The molecule has 0 spiro atoms. The smallest absolute Gasteiger partial charge is 0.274 e. The van der Waals surface area contributed by atoms with E-state index >= 15 is 0 Å². The molecule has 0 radical (unpaired) electrons. The average Bonchev–Trinajstić information content (AvgIpc) is 2.76. The molecule has 0 unspecified atom stereocenters. The quantitative estimate of drug-likeness (QED) is 0.663. The number of benzene rings is 2. The van der Waals surface area contributed by atoms with Gasteiger partial charge in [-0.2, -0.15) is 0 Å². The van der Waals surface area contributed by atoms with E-state index in [4.69, 9.17) is 0 Å². The molecule has 32 heavy (non-hydrogen) atoms. The molecule has 10 nitrogen and oxygen atoms in total. The van der Waals surface area contributed by atoms with Crippen molar-refractivity contribution in [1.29, 1.82) is 0 Å². The van der Waals surface area contributed by atoms with E-state index in [9.17, 15) is 28.8 Å². The molecule has 0 N–H and O–H groups in total. The van der Waals surface area contributed by atoms with E-state index in [2.05, 4.69) is 0 Å². The van der Waals surface area contributed by atoms with Crippen molar-refractivity contribution >= 4 is 47.1 Å². The highest BCUT2D eigenvalue weighted by Crippen LogP contribution is 2.23. The van der Waals surface area contributed by atoms with Crippen molar-refractivity contribution in [3.8, 4) is 0 Å². The Morgan fingerprint density at radius 2 is 0.844 bits per heavy atom. The third-order valence-corrected chi connectivity index (χ3v) is 5.13. The number of rotatable bonds is 5. The standard InChI is InChI=1S/C22H18N4O6/c27-17-13-19(29)25(15-7-3-1-4-8-15)21(31)23(17)11-12-24-18(28)14-20(30)26(22(24)32)16-9-5-2-6-10-16/h1-10H,11-14H2. The van der Waals surface area contributed by atoms with Crippen molar-refractivity contribution in [1.82, 2.24) is 9.80 Å². The van der Waals surface area contributed by atoms with E-state index in [-0.39, 0.29) is 13.1 Å². The number of para-hydroxylation sites is 2. The predicted molar refractivity (Wildman–Crippen MR) is 111 cm³/mol. The molecule has 0 saturated carbocycles. The number of carbonyl (C=O) groups excluding carboxylic acids is 6. The van der Waals surface area contributed by atoms with Crippen molar-refractivity contribution in [2.75, 3.05) is 22.9 Å². The van der Waals surface area contributed by atoms with Crippen LogP contribution >= 0.6 is 0 Å². The third-order valence-electron chi connectivity index (χ3n) is 5.13. The summed E-state index contributed by atoms with van der Waals surface area (Å²) in [5.41, 5.74) is 0.622. The number of hydrogen-bond acceptors (Lipinski definition) is 6. The first-order valence-corrected chi connectivity index (χ1v) is 9.83. The van der Waals surface area contributed by atoms with E-state index < -0.39 is 48.5 Å². The van der Waals surface area contributed by atoms with Crippen LogP contribution in [0, 0.1) is 0 Å². The molecule has 0 aliphatic carbocycles. The van der Waals surface area contributed by atoms with E-state index in [1.807, 2.05) is 0 Å². The van der Waals surface area contributed by atoms with Crippen LogP contribution in [-0.2, 0) is 19.2 Å². The predicted octanol–water partition coefficient (Wildman–Crippen LogP) is 1.76. The molecule has 0 bridgehead atoms. The molecule has 2 saturated heterocycles. The van der Waals surface area contributed by atoms with Gasteiger partial charge in [0.25, 0.3) is 0 Å². The molecule has 162 valence electrons. The summed E-state index contributed by atoms with van der Waals surface area (Å²) in [6.45, 7) is -0.606. The van der Waals surface area contributed by atoms with Crippen LogP contribution < -0.4 is 9.80 Å². The van der Waals surface area contributed by atoms with Gasteiger partial charge >= 0.3 is 12.1 Å². The lowest BCUT2D eigenvalue weighted by molar-refractivity contribution is -0.138. The Kier molecular flexibility index (Phi) is 5.50. The molecule has 8 amide bonds. The van der Waals surface area contributed by atoms with Gasteiger partial charge in [0, 0.05) is 13.1 Å². The Labute approximate surface area is 182 Å². The fraction of sp³-hybridized carbons (Fsp3) is 0.182. The highest BCUT2D eigenvalue weighted by atomic mass is 16.2. The fourth-order valence-electron chi connectivity index (χ4n) is 3.58. The zero-order valence-electron chi connectivity index (χ0n) is 16.8. The summed E-state index contributed by atoms with van der Waals surface area (Å²) < 4.78 is 0. The van der Waals surface area contributed by atoms with Gasteiger partial charge in [0.05, 0.1) is 11.4 Å². The lowest BCUT2D eigenvalue weighted by Crippen LogP contribution is -2.60. The minimum absolute atomic E-state index is 0.303. The molecule has 4 rings (SSSR count). The van der Waals surface area contributed by atoms with E-state index in [0.717, 1.165) is 19.6 Å². The Morgan fingerprint density at radius 3 is 1.19 bits per heavy atom. The Balaban J connectivity index is 1.52. The molecular formula is C22H18N4O6.